The molecule has 1 fully saturated rings. The van der Waals surface area contributed by atoms with Gasteiger partial charge in [-0.25, -0.2) is 9.97 Å². The first kappa shape index (κ1) is 12.4. The van der Waals surface area contributed by atoms with Crippen LogP contribution in [0.15, 0.2) is 16.8 Å². The minimum Gasteiger partial charge on any atom is -0.370 e. The second-order valence-corrected chi connectivity index (χ2v) is 5.63. The van der Waals surface area contributed by atoms with Gasteiger partial charge in [-0.1, -0.05) is 0 Å². The van der Waals surface area contributed by atoms with Crippen LogP contribution in [0.25, 0.3) is 0 Å². The summed E-state index contributed by atoms with van der Waals surface area (Å²) in [4.78, 5) is 9.35. The summed E-state index contributed by atoms with van der Waals surface area (Å²) in [6, 6.07) is 2.07. The summed E-state index contributed by atoms with van der Waals surface area (Å²) in [6.07, 6.45) is 2.43. The molecular weight excluding hydrogens is 256 g/mol. The zero-order chi connectivity index (χ0) is 13.2. The van der Waals surface area contributed by atoms with E-state index in [2.05, 4.69) is 46.3 Å². The molecule has 2 aromatic heterocycles. The van der Waals surface area contributed by atoms with Crippen molar-refractivity contribution in [2.75, 3.05) is 17.2 Å². The van der Waals surface area contributed by atoms with Crippen molar-refractivity contribution in [3.05, 3.63) is 28.2 Å². The molecule has 4 nitrogen and oxygen atoms in total. The first-order valence-electron chi connectivity index (χ1n) is 6.69. The number of aromatic nitrogens is 2. The molecule has 2 aromatic rings. The number of nitrogens with zero attached hydrogens (tertiary/aromatic N) is 2. The van der Waals surface area contributed by atoms with E-state index in [1.807, 2.05) is 0 Å². The highest BCUT2D eigenvalue weighted by molar-refractivity contribution is 7.08. The second-order valence-electron chi connectivity index (χ2n) is 4.85. The maximum atomic E-state index is 4.69. The quantitative estimate of drug-likeness (QED) is 0.868. The molecule has 0 aromatic carbocycles. The Morgan fingerprint density at radius 1 is 1.32 bits per heavy atom. The summed E-state index contributed by atoms with van der Waals surface area (Å²) in [7, 11) is 0. The summed E-state index contributed by atoms with van der Waals surface area (Å²) in [5.41, 5.74) is 2.17. The van der Waals surface area contributed by atoms with Gasteiger partial charge >= 0.3 is 0 Å². The molecule has 0 saturated heterocycles. The van der Waals surface area contributed by atoms with Gasteiger partial charge in [0.1, 0.15) is 17.5 Å². The lowest BCUT2D eigenvalue weighted by Crippen LogP contribution is -2.08. The Kier molecular flexibility index (Phi) is 3.38. The number of anilines is 3. The van der Waals surface area contributed by atoms with Crippen molar-refractivity contribution in [1.82, 2.24) is 9.97 Å². The van der Waals surface area contributed by atoms with E-state index < -0.39 is 0 Å². The molecule has 3 rings (SSSR count). The van der Waals surface area contributed by atoms with Gasteiger partial charge in [0.25, 0.3) is 0 Å². The van der Waals surface area contributed by atoms with Crippen LogP contribution < -0.4 is 10.6 Å². The van der Waals surface area contributed by atoms with E-state index in [9.17, 15) is 0 Å². The lowest BCUT2D eigenvalue weighted by Gasteiger charge is -2.13. The van der Waals surface area contributed by atoms with Crippen LogP contribution in [0.5, 0.6) is 0 Å². The Balaban J connectivity index is 1.96. The van der Waals surface area contributed by atoms with Crippen molar-refractivity contribution in [2.24, 2.45) is 0 Å². The van der Waals surface area contributed by atoms with Crippen molar-refractivity contribution in [2.45, 2.75) is 32.6 Å². The molecule has 0 aliphatic heterocycles. The highest BCUT2D eigenvalue weighted by atomic mass is 32.1. The molecule has 2 heterocycles. The van der Waals surface area contributed by atoms with Gasteiger partial charge in [-0.05, 0) is 38.1 Å². The van der Waals surface area contributed by atoms with Crippen LogP contribution >= 0.6 is 11.3 Å². The van der Waals surface area contributed by atoms with Crippen LogP contribution in [0.1, 0.15) is 37.1 Å². The number of nitrogens with one attached hydrogen (secondary N) is 2. The first-order chi connectivity index (χ1) is 9.28. The SMILES string of the molecule is CCNc1nc(C2CC2)nc(Nc2ccsc2)c1C. The first-order valence-corrected chi connectivity index (χ1v) is 7.64. The molecule has 0 spiro atoms. The zero-order valence-electron chi connectivity index (χ0n) is 11.2. The van der Waals surface area contributed by atoms with E-state index in [0.29, 0.717) is 5.92 Å². The van der Waals surface area contributed by atoms with E-state index in [4.69, 9.17) is 4.98 Å². The van der Waals surface area contributed by atoms with Crippen molar-refractivity contribution < 1.29 is 0 Å². The molecule has 100 valence electrons. The Hall–Kier alpha value is -1.62. The Bertz CT molecular complexity index is 561. The Morgan fingerprint density at radius 3 is 2.74 bits per heavy atom. The van der Waals surface area contributed by atoms with E-state index in [1.165, 1.54) is 12.8 Å². The lowest BCUT2D eigenvalue weighted by atomic mass is 10.2. The molecule has 0 unspecified atom stereocenters. The van der Waals surface area contributed by atoms with Gasteiger partial charge < -0.3 is 10.6 Å². The predicted molar refractivity (Wildman–Crippen MR) is 80.5 cm³/mol. The maximum Gasteiger partial charge on any atom is 0.139 e. The van der Waals surface area contributed by atoms with Crippen molar-refractivity contribution in [1.29, 1.82) is 0 Å². The Morgan fingerprint density at radius 2 is 2.11 bits per heavy atom. The maximum absolute atomic E-state index is 4.69. The summed E-state index contributed by atoms with van der Waals surface area (Å²) in [5.74, 6) is 3.41. The van der Waals surface area contributed by atoms with Gasteiger partial charge in [0.2, 0.25) is 0 Å². The van der Waals surface area contributed by atoms with Gasteiger partial charge in [-0.3, -0.25) is 0 Å². The third-order valence-corrected chi connectivity index (χ3v) is 3.92. The number of hydrogen-bond donors (Lipinski definition) is 2. The molecule has 0 atom stereocenters. The molecule has 2 N–H and O–H groups in total. The minimum absolute atomic E-state index is 0.557. The fourth-order valence-corrected chi connectivity index (χ4v) is 2.58. The van der Waals surface area contributed by atoms with Gasteiger partial charge in [0.05, 0.1) is 5.69 Å². The summed E-state index contributed by atoms with van der Waals surface area (Å²) >= 11 is 1.68. The molecule has 5 heteroatoms. The third kappa shape index (κ3) is 2.71. The number of hydrogen-bond acceptors (Lipinski definition) is 5. The lowest BCUT2D eigenvalue weighted by molar-refractivity contribution is 0.918. The van der Waals surface area contributed by atoms with Gasteiger partial charge in [-0.2, -0.15) is 11.3 Å². The Labute approximate surface area is 117 Å². The van der Waals surface area contributed by atoms with Crippen LogP contribution in [-0.2, 0) is 0 Å². The molecule has 1 aliphatic carbocycles. The standard InChI is InChI=1S/C14H18N4S/c1-3-15-12-9(2)13(16-11-6-7-19-8-11)18-14(17-12)10-4-5-10/h6-8,10H,3-5H2,1-2H3,(H2,15,16,17,18). The van der Waals surface area contributed by atoms with E-state index in [1.54, 1.807) is 11.3 Å². The summed E-state index contributed by atoms with van der Waals surface area (Å²) < 4.78 is 0. The molecule has 0 amide bonds. The number of rotatable bonds is 5. The van der Waals surface area contributed by atoms with Crippen LogP contribution in [-0.4, -0.2) is 16.5 Å². The van der Waals surface area contributed by atoms with Gasteiger partial charge in [0.15, 0.2) is 0 Å². The summed E-state index contributed by atoms with van der Waals surface area (Å²) in [6.45, 7) is 5.02. The monoisotopic (exact) mass is 274 g/mol. The largest absolute Gasteiger partial charge is 0.370 e. The van der Waals surface area contributed by atoms with Crippen molar-refractivity contribution >= 4 is 28.7 Å². The molecule has 1 saturated carbocycles. The van der Waals surface area contributed by atoms with E-state index in [-0.39, 0.29) is 0 Å². The van der Waals surface area contributed by atoms with Crippen LogP contribution in [0, 0.1) is 6.92 Å². The van der Waals surface area contributed by atoms with Gasteiger partial charge in [0, 0.05) is 23.4 Å². The molecule has 0 bridgehead atoms. The molecule has 1 aliphatic rings. The molecule has 19 heavy (non-hydrogen) atoms. The van der Waals surface area contributed by atoms with Crippen molar-refractivity contribution in [3.8, 4) is 0 Å². The van der Waals surface area contributed by atoms with Crippen LogP contribution in [0.3, 0.4) is 0 Å². The smallest absolute Gasteiger partial charge is 0.139 e. The average molecular weight is 274 g/mol. The fourth-order valence-electron chi connectivity index (χ4n) is 1.99. The number of thiophene rings is 1. The molecule has 0 radical (unpaired) electrons. The fraction of sp³-hybridized carbons (Fsp3) is 0.429. The topological polar surface area (TPSA) is 49.8 Å². The van der Waals surface area contributed by atoms with E-state index >= 15 is 0 Å². The average Bonchev–Trinajstić information content (AvgIpc) is 3.13. The normalized spacial score (nSPS) is 14.4. The third-order valence-electron chi connectivity index (χ3n) is 3.23. The highest BCUT2D eigenvalue weighted by Crippen LogP contribution is 2.39. The second kappa shape index (κ2) is 5.17. The molecular formula is C14H18N4S. The zero-order valence-corrected chi connectivity index (χ0v) is 12.0. The van der Waals surface area contributed by atoms with Crippen molar-refractivity contribution in [3.63, 3.8) is 0 Å². The van der Waals surface area contributed by atoms with E-state index in [0.717, 1.165) is 35.3 Å². The van der Waals surface area contributed by atoms with Gasteiger partial charge in [-0.15, -0.1) is 0 Å². The highest BCUT2D eigenvalue weighted by Gasteiger charge is 2.28. The van der Waals surface area contributed by atoms with Crippen LogP contribution in [0.2, 0.25) is 0 Å². The minimum atomic E-state index is 0.557. The summed E-state index contributed by atoms with van der Waals surface area (Å²) in [5, 5.41) is 10.9. The predicted octanol–water partition coefficient (Wildman–Crippen LogP) is 3.90. The van der Waals surface area contributed by atoms with Crippen LogP contribution in [0.4, 0.5) is 17.3 Å².